The fraction of sp³-hybridized carbons (Fsp3) is 0.308. The number of benzene rings is 1. The van der Waals surface area contributed by atoms with E-state index in [9.17, 15) is 9.90 Å². The first-order valence-electron chi connectivity index (χ1n) is 5.82. The quantitative estimate of drug-likeness (QED) is 0.785. The van der Waals surface area contributed by atoms with Crippen molar-refractivity contribution < 1.29 is 14.6 Å². The number of carboxylic acids is 1. The predicted octanol–water partition coefficient (Wildman–Crippen LogP) is 3.93. The van der Waals surface area contributed by atoms with Crippen molar-refractivity contribution in [1.29, 1.82) is 0 Å². The summed E-state index contributed by atoms with van der Waals surface area (Å²) < 4.78 is 10.6. The lowest BCUT2D eigenvalue weighted by atomic mass is 9.96. The van der Waals surface area contributed by atoms with Crippen molar-refractivity contribution in [2.24, 2.45) is 0 Å². The van der Waals surface area contributed by atoms with Gasteiger partial charge >= 0.3 is 5.97 Å². The van der Waals surface area contributed by atoms with E-state index in [-0.39, 0.29) is 16.7 Å². The number of aromatic nitrogens is 2. The molecule has 2 aromatic rings. The minimum Gasteiger partial charge on any atom is -0.478 e. The van der Waals surface area contributed by atoms with Gasteiger partial charge in [-0.1, -0.05) is 20.8 Å². The van der Waals surface area contributed by atoms with Crippen molar-refractivity contribution in [3.05, 3.63) is 33.2 Å². The Kier molecular flexibility index (Phi) is 4.28. The molecule has 1 heterocycles. The van der Waals surface area contributed by atoms with Gasteiger partial charge in [-0.25, -0.2) is 4.79 Å². The first-order valence-corrected chi connectivity index (χ1v) is 7.67. The highest BCUT2D eigenvalue weighted by atomic mass is 127. The molecule has 0 aliphatic heterocycles. The highest BCUT2D eigenvalue weighted by molar-refractivity contribution is 14.1. The monoisotopic (exact) mass is 404 g/mol. The lowest BCUT2D eigenvalue weighted by Gasteiger charge is -2.12. The van der Waals surface area contributed by atoms with Gasteiger partial charge in [0.25, 0.3) is 5.19 Å². The molecule has 106 valence electrons. The standard InChI is InChI=1S/C13H13IN2O3S/c1-13(2,3)11-15-12(20-16-11)19-9-5-4-7(14)6-8(9)10(17)18/h4-6H,1-3H3,(H,17,18). The molecule has 2 rings (SSSR count). The Balaban J connectivity index is 2.31. The van der Waals surface area contributed by atoms with Gasteiger partial charge in [-0.2, -0.15) is 9.36 Å². The summed E-state index contributed by atoms with van der Waals surface area (Å²) in [5.74, 6) is -0.0755. The lowest BCUT2D eigenvalue weighted by molar-refractivity contribution is 0.0694. The van der Waals surface area contributed by atoms with Crippen LogP contribution in [0.15, 0.2) is 18.2 Å². The Hall–Kier alpha value is -1.22. The van der Waals surface area contributed by atoms with Crippen molar-refractivity contribution in [3.8, 4) is 10.9 Å². The van der Waals surface area contributed by atoms with E-state index in [0.29, 0.717) is 11.0 Å². The van der Waals surface area contributed by atoms with E-state index in [0.717, 1.165) is 15.1 Å². The number of aromatic carboxylic acids is 1. The zero-order valence-electron chi connectivity index (χ0n) is 11.2. The predicted molar refractivity (Wildman–Crippen MR) is 84.8 cm³/mol. The molecule has 5 nitrogen and oxygen atoms in total. The van der Waals surface area contributed by atoms with Crippen LogP contribution in [0.25, 0.3) is 0 Å². The molecule has 0 saturated carbocycles. The lowest BCUT2D eigenvalue weighted by Crippen LogP contribution is -2.13. The number of hydrogen-bond donors (Lipinski definition) is 1. The Bertz CT molecular complexity index is 649. The minimum atomic E-state index is -1.03. The maximum atomic E-state index is 11.2. The van der Waals surface area contributed by atoms with Crippen LogP contribution in [0.5, 0.6) is 10.9 Å². The Morgan fingerprint density at radius 2 is 2.10 bits per heavy atom. The summed E-state index contributed by atoms with van der Waals surface area (Å²) >= 11 is 3.17. The highest BCUT2D eigenvalue weighted by Crippen LogP contribution is 2.30. The molecule has 1 aromatic heterocycles. The molecule has 0 saturated heterocycles. The van der Waals surface area contributed by atoms with E-state index in [1.807, 2.05) is 20.8 Å². The van der Waals surface area contributed by atoms with Crippen LogP contribution in [0.1, 0.15) is 37.0 Å². The first-order chi connectivity index (χ1) is 9.27. The third-order valence-corrected chi connectivity index (χ3v) is 3.71. The van der Waals surface area contributed by atoms with Crippen molar-refractivity contribution in [2.45, 2.75) is 26.2 Å². The van der Waals surface area contributed by atoms with Crippen LogP contribution in [-0.2, 0) is 5.41 Å². The maximum absolute atomic E-state index is 11.2. The summed E-state index contributed by atoms with van der Waals surface area (Å²) in [5, 5.41) is 9.53. The Labute approximate surface area is 134 Å². The number of carbonyl (C=O) groups is 1. The topological polar surface area (TPSA) is 72.3 Å². The molecule has 0 bridgehead atoms. The van der Waals surface area contributed by atoms with E-state index in [2.05, 4.69) is 31.9 Å². The Morgan fingerprint density at radius 3 is 2.65 bits per heavy atom. The van der Waals surface area contributed by atoms with Gasteiger partial charge in [0.2, 0.25) is 0 Å². The first kappa shape index (κ1) is 15.2. The molecule has 0 unspecified atom stereocenters. The van der Waals surface area contributed by atoms with E-state index < -0.39 is 5.97 Å². The molecule has 1 N–H and O–H groups in total. The molecule has 0 spiro atoms. The van der Waals surface area contributed by atoms with Gasteiger partial charge in [0.1, 0.15) is 11.3 Å². The second-order valence-corrected chi connectivity index (χ2v) is 7.14. The summed E-state index contributed by atoms with van der Waals surface area (Å²) in [6.07, 6.45) is 0. The molecule has 1 aromatic carbocycles. The second-order valence-electron chi connectivity index (χ2n) is 5.18. The number of halogens is 1. The van der Waals surface area contributed by atoms with E-state index in [1.165, 1.54) is 0 Å². The Morgan fingerprint density at radius 1 is 1.40 bits per heavy atom. The summed E-state index contributed by atoms with van der Waals surface area (Å²) in [7, 11) is 0. The SMILES string of the molecule is CC(C)(C)c1nsc(Oc2ccc(I)cc2C(=O)O)n1. The van der Waals surface area contributed by atoms with E-state index in [4.69, 9.17) is 4.74 Å². The number of hydrogen-bond acceptors (Lipinski definition) is 5. The summed E-state index contributed by atoms with van der Waals surface area (Å²) in [4.78, 5) is 15.5. The summed E-state index contributed by atoms with van der Waals surface area (Å²) in [5.41, 5.74) is -0.0517. The number of ether oxygens (including phenoxy) is 1. The molecule has 20 heavy (non-hydrogen) atoms. The van der Waals surface area contributed by atoms with Gasteiger partial charge in [-0.15, -0.1) is 0 Å². The van der Waals surface area contributed by atoms with Crippen LogP contribution >= 0.6 is 34.1 Å². The van der Waals surface area contributed by atoms with Crippen LogP contribution < -0.4 is 4.74 Å². The smallest absolute Gasteiger partial charge is 0.339 e. The average molecular weight is 404 g/mol. The fourth-order valence-electron chi connectivity index (χ4n) is 1.41. The van der Waals surface area contributed by atoms with Gasteiger partial charge in [0.15, 0.2) is 5.82 Å². The molecule has 0 fully saturated rings. The van der Waals surface area contributed by atoms with Crippen molar-refractivity contribution in [3.63, 3.8) is 0 Å². The minimum absolute atomic E-state index is 0.115. The number of carboxylic acid groups (broad SMARTS) is 1. The second kappa shape index (κ2) is 5.65. The summed E-state index contributed by atoms with van der Waals surface area (Å²) in [6, 6.07) is 4.97. The van der Waals surface area contributed by atoms with Crippen LogP contribution in [0.4, 0.5) is 0 Å². The van der Waals surface area contributed by atoms with Crippen molar-refractivity contribution in [1.82, 2.24) is 9.36 Å². The van der Waals surface area contributed by atoms with Gasteiger partial charge in [0, 0.05) is 20.5 Å². The van der Waals surface area contributed by atoms with Gasteiger partial charge in [-0.3, -0.25) is 0 Å². The van der Waals surface area contributed by atoms with Crippen molar-refractivity contribution in [2.75, 3.05) is 0 Å². The third kappa shape index (κ3) is 3.45. The zero-order chi connectivity index (χ0) is 14.9. The largest absolute Gasteiger partial charge is 0.478 e. The molecular weight excluding hydrogens is 391 g/mol. The highest BCUT2D eigenvalue weighted by Gasteiger charge is 2.21. The van der Waals surface area contributed by atoms with E-state index >= 15 is 0 Å². The zero-order valence-corrected chi connectivity index (χ0v) is 14.2. The molecule has 0 aliphatic carbocycles. The third-order valence-electron chi connectivity index (χ3n) is 2.45. The number of rotatable bonds is 3. The molecule has 7 heteroatoms. The van der Waals surface area contributed by atoms with Gasteiger partial charge in [-0.05, 0) is 40.8 Å². The fourth-order valence-corrected chi connectivity index (χ4v) is 2.63. The van der Waals surface area contributed by atoms with Gasteiger partial charge in [0.05, 0.1) is 0 Å². The number of nitrogens with zero attached hydrogens (tertiary/aromatic N) is 2. The van der Waals surface area contributed by atoms with E-state index in [1.54, 1.807) is 18.2 Å². The molecule has 0 radical (unpaired) electrons. The molecule has 0 aliphatic rings. The average Bonchev–Trinajstić information content (AvgIpc) is 2.79. The summed E-state index contributed by atoms with van der Waals surface area (Å²) in [6.45, 7) is 6.02. The molecule has 0 amide bonds. The molecular formula is C13H13IN2O3S. The van der Waals surface area contributed by atoms with Crippen LogP contribution in [0.2, 0.25) is 0 Å². The maximum Gasteiger partial charge on any atom is 0.339 e. The molecule has 0 atom stereocenters. The normalized spacial score (nSPS) is 11.4. The van der Waals surface area contributed by atoms with Crippen LogP contribution in [0, 0.1) is 3.57 Å². The van der Waals surface area contributed by atoms with Crippen LogP contribution in [-0.4, -0.2) is 20.4 Å². The van der Waals surface area contributed by atoms with Crippen molar-refractivity contribution >= 4 is 40.1 Å². The van der Waals surface area contributed by atoms with Crippen LogP contribution in [0.3, 0.4) is 0 Å². The van der Waals surface area contributed by atoms with Gasteiger partial charge < -0.3 is 9.84 Å².